The summed E-state index contributed by atoms with van der Waals surface area (Å²) >= 11 is 0. The second-order valence-electron chi connectivity index (χ2n) is 10.2. The van der Waals surface area contributed by atoms with Gasteiger partial charge in [-0.15, -0.1) is 0 Å². The molecule has 0 aromatic heterocycles. The predicted octanol–water partition coefficient (Wildman–Crippen LogP) is 10.6. The van der Waals surface area contributed by atoms with Crippen LogP contribution in [0.25, 0.3) is 0 Å². The highest BCUT2D eigenvalue weighted by Gasteiger charge is 2.04. The van der Waals surface area contributed by atoms with Crippen LogP contribution in [0.2, 0.25) is 0 Å². The first kappa shape index (κ1) is 32.4. The fourth-order valence-corrected chi connectivity index (χ4v) is 4.44. The molecule has 0 bridgehead atoms. The Kier molecular flexibility index (Phi) is 29.0. The fraction of sp³-hybridized carbons (Fsp3) is 0.967. The zero-order chi connectivity index (χ0) is 24.1. The molecule has 0 rings (SSSR count). The first-order chi connectivity index (χ1) is 16.3. The fourth-order valence-electron chi connectivity index (χ4n) is 4.44. The lowest BCUT2D eigenvalue weighted by atomic mass is 10.0. The molecule has 0 aliphatic carbocycles. The molecule has 0 radical (unpaired) electrons. The topological polar surface area (TPSA) is 35.5 Å². The van der Waals surface area contributed by atoms with Crippen LogP contribution in [-0.4, -0.2) is 12.6 Å². The van der Waals surface area contributed by atoms with E-state index < -0.39 is 0 Å². The average Bonchev–Trinajstić information content (AvgIpc) is 2.82. The molecule has 33 heavy (non-hydrogen) atoms. The lowest BCUT2D eigenvalue weighted by molar-refractivity contribution is -0.272. The third-order valence-electron chi connectivity index (χ3n) is 6.72. The molecular weight excluding hydrogens is 408 g/mol. The lowest BCUT2D eigenvalue weighted by Crippen LogP contribution is -2.06. The molecule has 0 N–H and O–H groups in total. The summed E-state index contributed by atoms with van der Waals surface area (Å²) in [6.45, 7) is 5.09. The van der Waals surface area contributed by atoms with Gasteiger partial charge >= 0.3 is 5.97 Å². The number of carbonyl (C=O) groups excluding carboxylic acids is 1. The van der Waals surface area contributed by atoms with Crippen molar-refractivity contribution >= 4 is 5.97 Å². The van der Waals surface area contributed by atoms with Gasteiger partial charge in [0.2, 0.25) is 0 Å². The maximum Gasteiger partial charge on any atom is 0.342 e. The van der Waals surface area contributed by atoms with Crippen molar-refractivity contribution in [3.05, 3.63) is 0 Å². The number of unbranched alkanes of at least 4 members (excludes halogenated alkanes) is 23. The SMILES string of the molecule is CCCCCCCCCCCCCCCCCC(=O)OOCCCCCCCCCCCC. The van der Waals surface area contributed by atoms with E-state index in [1.807, 2.05) is 0 Å². The van der Waals surface area contributed by atoms with Crippen LogP contribution in [0.15, 0.2) is 0 Å². The standard InChI is InChI=1S/C30H60O3/c1-3-5-7-9-11-13-15-16-17-18-19-20-22-24-26-28-30(31)33-32-29-27-25-23-21-14-12-10-8-6-4-2/h3-29H2,1-2H3. The van der Waals surface area contributed by atoms with Gasteiger partial charge in [0, 0.05) is 6.42 Å². The zero-order valence-electron chi connectivity index (χ0n) is 22.8. The van der Waals surface area contributed by atoms with Crippen LogP contribution in [0, 0.1) is 0 Å². The van der Waals surface area contributed by atoms with Gasteiger partial charge in [-0.3, -0.25) is 4.89 Å². The highest BCUT2D eigenvalue weighted by Crippen LogP contribution is 2.14. The molecule has 0 saturated carbocycles. The normalized spacial score (nSPS) is 11.2. The molecule has 0 aromatic rings. The van der Waals surface area contributed by atoms with Crippen LogP contribution >= 0.6 is 0 Å². The largest absolute Gasteiger partial charge is 0.342 e. The van der Waals surface area contributed by atoms with Gasteiger partial charge in [-0.05, 0) is 12.8 Å². The summed E-state index contributed by atoms with van der Waals surface area (Å²) in [4.78, 5) is 21.7. The van der Waals surface area contributed by atoms with Crippen molar-refractivity contribution in [1.29, 1.82) is 0 Å². The molecule has 0 spiro atoms. The van der Waals surface area contributed by atoms with Gasteiger partial charge < -0.3 is 0 Å². The summed E-state index contributed by atoms with van der Waals surface area (Å²) in [6, 6.07) is 0. The first-order valence-corrected chi connectivity index (χ1v) is 15.1. The van der Waals surface area contributed by atoms with E-state index in [0.717, 1.165) is 19.3 Å². The van der Waals surface area contributed by atoms with Crippen molar-refractivity contribution < 1.29 is 14.6 Å². The lowest BCUT2D eigenvalue weighted by Gasteiger charge is -2.05. The van der Waals surface area contributed by atoms with Gasteiger partial charge in [-0.25, -0.2) is 4.79 Å². The monoisotopic (exact) mass is 468 g/mol. The van der Waals surface area contributed by atoms with Gasteiger partial charge in [0.1, 0.15) is 0 Å². The second kappa shape index (κ2) is 29.5. The van der Waals surface area contributed by atoms with Crippen LogP contribution < -0.4 is 0 Å². The Hall–Kier alpha value is -0.570. The number of hydrogen-bond acceptors (Lipinski definition) is 3. The Morgan fingerprint density at radius 3 is 1.09 bits per heavy atom. The maximum absolute atomic E-state index is 11.7. The van der Waals surface area contributed by atoms with E-state index in [4.69, 9.17) is 9.78 Å². The van der Waals surface area contributed by atoms with E-state index in [2.05, 4.69) is 13.8 Å². The van der Waals surface area contributed by atoms with E-state index >= 15 is 0 Å². The summed E-state index contributed by atoms with van der Waals surface area (Å²) in [6.07, 6.45) is 33.6. The molecule has 0 saturated heterocycles. The van der Waals surface area contributed by atoms with E-state index in [9.17, 15) is 4.79 Å². The van der Waals surface area contributed by atoms with E-state index in [0.29, 0.717) is 13.0 Å². The molecule has 0 atom stereocenters. The molecule has 0 amide bonds. The quantitative estimate of drug-likeness (QED) is 0.0650. The molecule has 0 aromatic carbocycles. The molecular formula is C30H60O3. The van der Waals surface area contributed by atoms with Gasteiger partial charge in [0.05, 0.1) is 6.61 Å². The molecule has 0 aliphatic rings. The summed E-state index contributed by atoms with van der Waals surface area (Å²) in [7, 11) is 0. The van der Waals surface area contributed by atoms with E-state index in [1.54, 1.807) is 0 Å². The smallest absolute Gasteiger partial charge is 0.298 e. The third-order valence-corrected chi connectivity index (χ3v) is 6.72. The maximum atomic E-state index is 11.7. The Morgan fingerprint density at radius 1 is 0.424 bits per heavy atom. The number of hydrogen-bond donors (Lipinski definition) is 0. The van der Waals surface area contributed by atoms with Crippen molar-refractivity contribution in [2.45, 2.75) is 181 Å². The van der Waals surface area contributed by atoms with Crippen LogP contribution in [0.4, 0.5) is 0 Å². The second-order valence-corrected chi connectivity index (χ2v) is 10.2. The van der Waals surface area contributed by atoms with Gasteiger partial charge in [-0.2, -0.15) is 4.89 Å². The van der Waals surface area contributed by atoms with Crippen LogP contribution in [0.5, 0.6) is 0 Å². The molecule has 3 nitrogen and oxygen atoms in total. The Bertz CT molecular complexity index is 370. The molecule has 0 heterocycles. The van der Waals surface area contributed by atoms with E-state index in [1.165, 1.54) is 141 Å². The summed E-state index contributed by atoms with van der Waals surface area (Å²) in [5.74, 6) is -0.197. The third kappa shape index (κ3) is 29.4. The van der Waals surface area contributed by atoms with Crippen LogP contribution in [0.3, 0.4) is 0 Å². The summed E-state index contributed by atoms with van der Waals surface area (Å²) < 4.78 is 0. The Balaban J connectivity index is 3.13. The minimum atomic E-state index is -0.197. The molecule has 0 aliphatic heterocycles. The minimum absolute atomic E-state index is 0.197. The molecule has 198 valence electrons. The van der Waals surface area contributed by atoms with Gasteiger partial charge in [0.25, 0.3) is 0 Å². The molecule has 0 fully saturated rings. The van der Waals surface area contributed by atoms with Crippen molar-refractivity contribution in [2.24, 2.45) is 0 Å². The predicted molar refractivity (Wildman–Crippen MR) is 143 cm³/mol. The van der Waals surface area contributed by atoms with Crippen molar-refractivity contribution in [3.8, 4) is 0 Å². The van der Waals surface area contributed by atoms with E-state index in [-0.39, 0.29) is 5.97 Å². The van der Waals surface area contributed by atoms with Gasteiger partial charge in [-0.1, -0.05) is 162 Å². The van der Waals surface area contributed by atoms with Crippen LogP contribution in [0.1, 0.15) is 181 Å². The molecule has 0 unspecified atom stereocenters. The first-order valence-electron chi connectivity index (χ1n) is 15.1. The Morgan fingerprint density at radius 2 is 0.727 bits per heavy atom. The van der Waals surface area contributed by atoms with Crippen molar-refractivity contribution in [2.75, 3.05) is 6.61 Å². The van der Waals surface area contributed by atoms with Crippen LogP contribution in [-0.2, 0) is 14.6 Å². The molecule has 3 heteroatoms. The highest BCUT2D eigenvalue weighted by molar-refractivity contribution is 5.68. The number of rotatable bonds is 28. The van der Waals surface area contributed by atoms with Crippen molar-refractivity contribution in [3.63, 3.8) is 0 Å². The summed E-state index contributed by atoms with van der Waals surface area (Å²) in [5.41, 5.74) is 0. The average molecular weight is 469 g/mol. The zero-order valence-corrected chi connectivity index (χ0v) is 22.8. The Labute approximate surface area is 208 Å². The van der Waals surface area contributed by atoms with Crippen molar-refractivity contribution in [1.82, 2.24) is 0 Å². The minimum Gasteiger partial charge on any atom is -0.298 e. The highest BCUT2D eigenvalue weighted by atomic mass is 17.2. The summed E-state index contributed by atoms with van der Waals surface area (Å²) in [5, 5.41) is 0. The number of carbonyl (C=O) groups is 1. The van der Waals surface area contributed by atoms with Gasteiger partial charge in [0.15, 0.2) is 0 Å².